The third-order valence-corrected chi connectivity index (χ3v) is 3.51. The molecule has 2 N–H and O–H groups in total. The van der Waals surface area contributed by atoms with Crippen LogP contribution in [-0.2, 0) is 4.79 Å². The number of amides is 2. The summed E-state index contributed by atoms with van der Waals surface area (Å²) in [7, 11) is 0. The lowest BCUT2D eigenvalue weighted by molar-refractivity contribution is -0.137. The second-order valence-corrected chi connectivity index (χ2v) is 5.95. The topological polar surface area (TPSA) is 72.9 Å². The Balaban J connectivity index is 2.41. The SMILES string of the molecule is CC(C)CN(CC(=O)O)C(=O)NCC(C)N1CCCC1. The van der Waals surface area contributed by atoms with Gasteiger partial charge in [-0.05, 0) is 38.8 Å². The van der Waals surface area contributed by atoms with E-state index < -0.39 is 5.97 Å². The molecule has 0 spiro atoms. The maximum absolute atomic E-state index is 12.1. The maximum atomic E-state index is 12.1. The first-order valence-electron chi connectivity index (χ1n) is 7.38. The highest BCUT2D eigenvalue weighted by molar-refractivity contribution is 5.80. The number of carboxylic acids is 1. The minimum Gasteiger partial charge on any atom is -0.480 e. The van der Waals surface area contributed by atoms with Gasteiger partial charge in [-0.15, -0.1) is 0 Å². The van der Waals surface area contributed by atoms with Crippen molar-refractivity contribution in [1.29, 1.82) is 0 Å². The van der Waals surface area contributed by atoms with Gasteiger partial charge in [0.2, 0.25) is 0 Å². The first-order valence-corrected chi connectivity index (χ1v) is 7.38. The van der Waals surface area contributed by atoms with Gasteiger partial charge in [-0.2, -0.15) is 0 Å². The van der Waals surface area contributed by atoms with Gasteiger partial charge < -0.3 is 15.3 Å². The molecule has 116 valence electrons. The Morgan fingerprint density at radius 2 is 1.85 bits per heavy atom. The molecule has 0 aliphatic carbocycles. The number of carboxylic acid groups (broad SMARTS) is 1. The van der Waals surface area contributed by atoms with Crippen LogP contribution in [0.4, 0.5) is 4.79 Å². The summed E-state index contributed by atoms with van der Waals surface area (Å²) in [5.41, 5.74) is 0. The standard InChI is InChI=1S/C14H27N3O3/c1-11(2)9-17(10-13(18)19)14(20)15-8-12(3)16-6-4-5-7-16/h11-12H,4-10H2,1-3H3,(H,15,20)(H,18,19). The minimum absolute atomic E-state index is 0.246. The van der Waals surface area contributed by atoms with Crippen LogP contribution >= 0.6 is 0 Å². The Hall–Kier alpha value is -1.30. The van der Waals surface area contributed by atoms with E-state index in [4.69, 9.17) is 5.11 Å². The molecule has 1 heterocycles. The second kappa shape index (κ2) is 8.09. The van der Waals surface area contributed by atoms with Crippen LogP contribution in [0, 0.1) is 5.92 Å². The molecule has 1 aliphatic rings. The maximum Gasteiger partial charge on any atom is 0.323 e. The van der Waals surface area contributed by atoms with E-state index >= 15 is 0 Å². The molecule has 0 saturated carbocycles. The molecule has 0 aromatic heterocycles. The van der Waals surface area contributed by atoms with Gasteiger partial charge in [-0.3, -0.25) is 9.69 Å². The van der Waals surface area contributed by atoms with Crippen molar-refractivity contribution in [1.82, 2.24) is 15.1 Å². The molecule has 0 aromatic rings. The molecule has 1 atom stereocenters. The summed E-state index contributed by atoms with van der Waals surface area (Å²) in [6.45, 7) is 8.97. The van der Waals surface area contributed by atoms with Crippen molar-refractivity contribution >= 4 is 12.0 Å². The number of urea groups is 1. The minimum atomic E-state index is -0.978. The van der Waals surface area contributed by atoms with Gasteiger partial charge in [0, 0.05) is 19.1 Å². The van der Waals surface area contributed by atoms with Crippen LogP contribution in [0.2, 0.25) is 0 Å². The molecular weight excluding hydrogens is 258 g/mol. The van der Waals surface area contributed by atoms with Gasteiger partial charge in [-0.25, -0.2) is 4.79 Å². The lowest BCUT2D eigenvalue weighted by Crippen LogP contribution is -2.48. The van der Waals surface area contributed by atoms with Crippen LogP contribution in [-0.4, -0.2) is 65.7 Å². The van der Waals surface area contributed by atoms with Gasteiger partial charge in [0.15, 0.2) is 0 Å². The molecule has 2 amide bonds. The Kier molecular flexibility index (Phi) is 6.78. The Bertz CT molecular complexity index is 328. The average Bonchev–Trinajstić information content (AvgIpc) is 2.87. The van der Waals surface area contributed by atoms with Crippen molar-refractivity contribution in [3.8, 4) is 0 Å². The summed E-state index contributed by atoms with van der Waals surface area (Å²) in [4.78, 5) is 26.6. The molecule has 1 aliphatic heterocycles. The number of nitrogens with one attached hydrogen (secondary N) is 1. The zero-order chi connectivity index (χ0) is 15.1. The van der Waals surface area contributed by atoms with Crippen LogP contribution < -0.4 is 5.32 Å². The van der Waals surface area contributed by atoms with Crippen molar-refractivity contribution in [2.45, 2.75) is 39.7 Å². The fraction of sp³-hybridized carbons (Fsp3) is 0.857. The first-order chi connectivity index (χ1) is 9.40. The second-order valence-electron chi connectivity index (χ2n) is 5.95. The van der Waals surface area contributed by atoms with Crippen LogP contribution in [0.25, 0.3) is 0 Å². The number of carbonyl (C=O) groups excluding carboxylic acids is 1. The third kappa shape index (κ3) is 5.77. The summed E-state index contributed by atoms with van der Waals surface area (Å²) in [5.74, 6) is -0.732. The van der Waals surface area contributed by atoms with E-state index in [2.05, 4.69) is 17.1 Å². The normalized spacial score (nSPS) is 17.2. The van der Waals surface area contributed by atoms with E-state index in [1.54, 1.807) is 0 Å². The number of likely N-dealkylation sites (tertiary alicyclic amines) is 1. The molecule has 1 unspecified atom stereocenters. The van der Waals surface area contributed by atoms with E-state index in [-0.39, 0.29) is 18.5 Å². The van der Waals surface area contributed by atoms with Gasteiger partial charge >= 0.3 is 12.0 Å². The van der Waals surface area contributed by atoms with Crippen molar-refractivity contribution in [2.24, 2.45) is 5.92 Å². The summed E-state index contributed by atoms with van der Waals surface area (Å²) < 4.78 is 0. The van der Waals surface area contributed by atoms with Crippen molar-refractivity contribution in [2.75, 3.05) is 32.7 Å². The molecule has 6 nitrogen and oxygen atoms in total. The van der Waals surface area contributed by atoms with E-state index in [0.717, 1.165) is 13.1 Å². The van der Waals surface area contributed by atoms with E-state index in [1.807, 2.05) is 13.8 Å². The van der Waals surface area contributed by atoms with Crippen molar-refractivity contribution in [3.63, 3.8) is 0 Å². The van der Waals surface area contributed by atoms with E-state index in [1.165, 1.54) is 17.7 Å². The Labute approximate surface area is 121 Å². The van der Waals surface area contributed by atoms with Gasteiger partial charge in [0.05, 0.1) is 0 Å². The number of rotatable bonds is 7. The summed E-state index contributed by atoms with van der Waals surface area (Å²) >= 11 is 0. The van der Waals surface area contributed by atoms with Crippen LogP contribution in [0.1, 0.15) is 33.6 Å². The fourth-order valence-electron chi connectivity index (χ4n) is 2.48. The Morgan fingerprint density at radius 3 is 2.35 bits per heavy atom. The van der Waals surface area contributed by atoms with Gasteiger partial charge in [0.25, 0.3) is 0 Å². The number of hydrogen-bond acceptors (Lipinski definition) is 3. The fourth-order valence-corrected chi connectivity index (χ4v) is 2.48. The predicted molar refractivity (Wildman–Crippen MR) is 77.7 cm³/mol. The van der Waals surface area contributed by atoms with Crippen LogP contribution in [0.5, 0.6) is 0 Å². The van der Waals surface area contributed by atoms with Crippen LogP contribution in [0.3, 0.4) is 0 Å². The molecule has 0 bridgehead atoms. The van der Waals surface area contributed by atoms with E-state index in [9.17, 15) is 9.59 Å². The molecule has 0 aromatic carbocycles. The van der Waals surface area contributed by atoms with Gasteiger partial charge in [-0.1, -0.05) is 13.8 Å². The first kappa shape index (κ1) is 16.8. The Morgan fingerprint density at radius 1 is 1.25 bits per heavy atom. The average molecular weight is 285 g/mol. The molecular formula is C14H27N3O3. The predicted octanol–water partition coefficient (Wildman–Crippen LogP) is 1.22. The monoisotopic (exact) mass is 285 g/mol. The molecule has 1 fully saturated rings. The number of carbonyl (C=O) groups is 2. The smallest absolute Gasteiger partial charge is 0.323 e. The summed E-state index contributed by atoms with van der Waals surface area (Å²) in [6.07, 6.45) is 2.44. The zero-order valence-corrected chi connectivity index (χ0v) is 12.8. The number of nitrogens with zero attached hydrogens (tertiary/aromatic N) is 2. The number of aliphatic carboxylic acids is 1. The highest BCUT2D eigenvalue weighted by atomic mass is 16.4. The van der Waals surface area contributed by atoms with Gasteiger partial charge in [0.1, 0.15) is 6.54 Å². The quantitative estimate of drug-likeness (QED) is 0.738. The summed E-state index contributed by atoms with van der Waals surface area (Å²) in [5, 5.41) is 11.7. The lowest BCUT2D eigenvalue weighted by Gasteiger charge is -2.27. The molecule has 0 radical (unpaired) electrons. The van der Waals surface area contributed by atoms with Crippen LogP contribution in [0.15, 0.2) is 0 Å². The molecule has 1 saturated heterocycles. The summed E-state index contributed by atoms with van der Waals surface area (Å²) in [6, 6.07) is 0.0133. The number of hydrogen-bond donors (Lipinski definition) is 2. The zero-order valence-electron chi connectivity index (χ0n) is 12.8. The lowest BCUT2D eigenvalue weighted by atomic mass is 10.2. The van der Waals surface area contributed by atoms with Crippen molar-refractivity contribution < 1.29 is 14.7 Å². The van der Waals surface area contributed by atoms with E-state index in [0.29, 0.717) is 19.1 Å². The molecule has 6 heteroatoms. The van der Waals surface area contributed by atoms with Crippen molar-refractivity contribution in [3.05, 3.63) is 0 Å². The molecule has 20 heavy (non-hydrogen) atoms. The molecule has 1 rings (SSSR count). The highest BCUT2D eigenvalue weighted by Gasteiger charge is 2.21. The largest absolute Gasteiger partial charge is 0.480 e. The highest BCUT2D eigenvalue weighted by Crippen LogP contribution is 2.10. The third-order valence-electron chi connectivity index (χ3n) is 3.51.